The maximum atomic E-state index is 13.7. The second kappa shape index (κ2) is 15.4. The molecular weight excluding hydrogens is 578 g/mol. The fourth-order valence-corrected chi connectivity index (χ4v) is 5.71. The first-order valence-electron chi connectivity index (χ1n) is 15.4. The minimum absolute atomic E-state index is 0.0348. The zero-order chi connectivity index (χ0) is 31.8. The molecule has 0 radical (unpaired) electrons. The first-order valence-corrected chi connectivity index (χ1v) is 15.8. The molecule has 3 N–H and O–H groups in total. The highest BCUT2D eigenvalue weighted by atomic mass is 35.5. The lowest BCUT2D eigenvalue weighted by atomic mass is 9.86. The SMILES string of the molecule is CCNC(C)c1ccc(N2C(=O)Cc3cc(OC)c(O[C@H](C)CC)cc3C2c2ccc(Cl)cc2)cc1.O=C(O)C1CCNC1. The minimum atomic E-state index is -0.671. The normalized spacial score (nSPS) is 19.0. The van der Waals surface area contributed by atoms with Crippen LogP contribution in [0.1, 0.15) is 74.9 Å². The van der Waals surface area contributed by atoms with E-state index in [4.69, 9.17) is 26.2 Å². The van der Waals surface area contributed by atoms with E-state index in [1.165, 1.54) is 5.56 Å². The second-order valence-corrected chi connectivity index (χ2v) is 11.8. The quantitative estimate of drug-likeness (QED) is 0.236. The van der Waals surface area contributed by atoms with Crippen molar-refractivity contribution in [3.63, 3.8) is 0 Å². The topological polar surface area (TPSA) is 100 Å². The number of nitrogens with one attached hydrogen (secondary N) is 2. The standard InChI is InChI=1S/C30H35ClN2O3.C5H9NO2/c1-6-19(3)36-28-18-26-23(16-27(28)35-5)17-29(34)33(30(26)22-8-12-24(31)13-9-22)25-14-10-21(11-15-25)20(4)32-7-2;7-5(8)4-1-2-6-3-4/h8-16,18-20,30,32H,6-7,17H2,1-5H3;4,6H,1-3H2,(H,7,8)/t19-,20?,30?;/m1./s1. The van der Waals surface area contributed by atoms with Crippen LogP contribution in [0.2, 0.25) is 5.02 Å². The Morgan fingerprint density at radius 1 is 1.09 bits per heavy atom. The fraction of sp³-hybridized carbons (Fsp3) is 0.429. The lowest BCUT2D eigenvalue weighted by Gasteiger charge is -2.38. The van der Waals surface area contributed by atoms with Crippen LogP contribution in [0.25, 0.3) is 0 Å². The molecule has 4 atom stereocenters. The first-order chi connectivity index (χ1) is 21.2. The number of aliphatic carboxylic acids is 1. The van der Waals surface area contributed by atoms with E-state index in [1.54, 1.807) is 7.11 Å². The van der Waals surface area contributed by atoms with Gasteiger partial charge in [-0.2, -0.15) is 0 Å². The van der Waals surface area contributed by atoms with Gasteiger partial charge in [-0.05, 0) is 98.4 Å². The number of carboxylic acids is 1. The molecule has 0 aliphatic carbocycles. The van der Waals surface area contributed by atoms with Crippen LogP contribution >= 0.6 is 11.6 Å². The van der Waals surface area contributed by atoms with Crippen LogP contribution < -0.4 is 25.0 Å². The van der Waals surface area contributed by atoms with Crippen molar-refractivity contribution in [2.45, 2.75) is 65.1 Å². The lowest BCUT2D eigenvalue weighted by molar-refractivity contribution is -0.141. The van der Waals surface area contributed by atoms with E-state index in [-0.39, 0.29) is 36.4 Å². The van der Waals surface area contributed by atoms with E-state index in [0.29, 0.717) is 23.1 Å². The third-order valence-corrected chi connectivity index (χ3v) is 8.52. The average molecular weight is 622 g/mol. The predicted molar refractivity (Wildman–Crippen MR) is 175 cm³/mol. The molecule has 1 saturated heterocycles. The minimum Gasteiger partial charge on any atom is -0.493 e. The molecule has 1 amide bonds. The zero-order valence-electron chi connectivity index (χ0n) is 26.2. The summed E-state index contributed by atoms with van der Waals surface area (Å²) in [6.45, 7) is 10.8. The molecule has 0 saturated carbocycles. The maximum Gasteiger partial charge on any atom is 0.307 e. The van der Waals surface area contributed by atoms with Crippen LogP contribution in [0, 0.1) is 5.92 Å². The summed E-state index contributed by atoms with van der Waals surface area (Å²) < 4.78 is 11.9. The highest BCUT2D eigenvalue weighted by Gasteiger charge is 2.36. The van der Waals surface area contributed by atoms with Crippen LogP contribution in [-0.4, -0.2) is 49.8 Å². The number of benzene rings is 3. The van der Waals surface area contributed by atoms with E-state index in [1.807, 2.05) is 60.4 Å². The Bertz CT molecular complexity index is 1410. The Balaban J connectivity index is 0.000000479. The number of carboxylic acid groups (broad SMARTS) is 1. The fourth-order valence-electron chi connectivity index (χ4n) is 5.59. The van der Waals surface area contributed by atoms with Crippen LogP contribution in [0.5, 0.6) is 11.5 Å². The van der Waals surface area contributed by atoms with Gasteiger partial charge in [0.2, 0.25) is 5.91 Å². The monoisotopic (exact) mass is 621 g/mol. The number of ether oxygens (including phenoxy) is 2. The predicted octanol–water partition coefficient (Wildman–Crippen LogP) is 6.56. The molecule has 2 aliphatic rings. The highest BCUT2D eigenvalue weighted by Crippen LogP contribution is 2.44. The van der Waals surface area contributed by atoms with E-state index < -0.39 is 5.97 Å². The van der Waals surface area contributed by atoms with Crippen molar-refractivity contribution >= 4 is 29.2 Å². The third-order valence-electron chi connectivity index (χ3n) is 8.27. The molecule has 8 nitrogen and oxygen atoms in total. The summed E-state index contributed by atoms with van der Waals surface area (Å²) in [6, 6.07) is 19.9. The number of hydrogen-bond acceptors (Lipinski definition) is 6. The highest BCUT2D eigenvalue weighted by molar-refractivity contribution is 6.30. The summed E-state index contributed by atoms with van der Waals surface area (Å²) >= 11 is 6.22. The summed E-state index contributed by atoms with van der Waals surface area (Å²) in [4.78, 5) is 25.7. The van der Waals surface area contributed by atoms with Crippen LogP contribution in [0.3, 0.4) is 0 Å². The van der Waals surface area contributed by atoms with Crippen molar-refractivity contribution in [1.82, 2.24) is 10.6 Å². The number of nitrogens with zero attached hydrogens (tertiary/aromatic N) is 1. The van der Waals surface area contributed by atoms with Gasteiger partial charge in [0.05, 0.1) is 31.6 Å². The van der Waals surface area contributed by atoms with E-state index in [9.17, 15) is 9.59 Å². The number of halogens is 1. The molecule has 9 heteroatoms. The van der Waals surface area contributed by atoms with Crippen LogP contribution in [0.15, 0.2) is 60.7 Å². The van der Waals surface area contributed by atoms with Gasteiger partial charge in [0.25, 0.3) is 0 Å². The van der Waals surface area contributed by atoms with Crippen molar-refractivity contribution in [2.24, 2.45) is 5.92 Å². The Kier molecular flexibility index (Phi) is 11.7. The van der Waals surface area contributed by atoms with Gasteiger partial charge in [-0.1, -0.05) is 49.7 Å². The number of anilines is 1. The Hall–Kier alpha value is -3.59. The van der Waals surface area contributed by atoms with Crippen molar-refractivity contribution in [1.29, 1.82) is 0 Å². The zero-order valence-corrected chi connectivity index (χ0v) is 27.0. The van der Waals surface area contributed by atoms with Crippen molar-refractivity contribution < 1.29 is 24.2 Å². The molecule has 0 bridgehead atoms. The van der Waals surface area contributed by atoms with E-state index in [2.05, 4.69) is 43.5 Å². The number of carbonyl (C=O) groups excluding carboxylic acids is 1. The molecule has 5 rings (SSSR count). The number of fused-ring (bicyclic) bond motifs is 1. The van der Waals surface area contributed by atoms with E-state index >= 15 is 0 Å². The molecule has 3 unspecified atom stereocenters. The van der Waals surface area contributed by atoms with Gasteiger partial charge in [0.15, 0.2) is 11.5 Å². The first kappa shape index (κ1) is 33.3. The number of carbonyl (C=O) groups is 2. The van der Waals surface area contributed by atoms with Gasteiger partial charge in [-0.25, -0.2) is 0 Å². The number of methoxy groups -OCH3 is 1. The van der Waals surface area contributed by atoms with Gasteiger partial charge >= 0.3 is 5.97 Å². The van der Waals surface area contributed by atoms with Gasteiger partial charge in [0.1, 0.15) is 0 Å². The van der Waals surface area contributed by atoms with Gasteiger partial charge in [0, 0.05) is 23.3 Å². The maximum absolute atomic E-state index is 13.7. The molecule has 2 heterocycles. The second-order valence-electron chi connectivity index (χ2n) is 11.3. The molecule has 44 heavy (non-hydrogen) atoms. The van der Waals surface area contributed by atoms with Crippen LogP contribution in [-0.2, 0) is 16.0 Å². The molecule has 1 fully saturated rings. The summed E-state index contributed by atoms with van der Waals surface area (Å²) in [5.74, 6) is 0.568. The third kappa shape index (κ3) is 7.92. The van der Waals surface area contributed by atoms with Gasteiger partial charge in [-0.3, -0.25) is 9.59 Å². The summed E-state index contributed by atoms with van der Waals surface area (Å²) in [5, 5.41) is 15.4. The van der Waals surface area contributed by atoms with Crippen molar-refractivity contribution in [3.05, 3.63) is 87.9 Å². The number of rotatable bonds is 10. The number of amides is 1. The largest absolute Gasteiger partial charge is 0.493 e. The molecule has 3 aromatic rings. The lowest BCUT2D eigenvalue weighted by Crippen LogP contribution is -2.41. The van der Waals surface area contributed by atoms with Crippen molar-refractivity contribution in [3.8, 4) is 11.5 Å². The average Bonchev–Trinajstić information content (AvgIpc) is 3.57. The van der Waals surface area contributed by atoms with Gasteiger partial charge < -0.3 is 30.1 Å². The molecule has 236 valence electrons. The Morgan fingerprint density at radius 3 is 2.34 bits per heavy atom. The Labute approximate surface area is 265 Å². The Morgan fingerprint density at radius 2 is 1.80 bits per heavy atom. The molecule has 3 aromatic carbocycles. The molecular formula is C35H44ClN3O5. The van der Waals surface area contributed by atoms with Crippen LogP contribution in [0.4, 0.5) is 5.69 Å². The molecule has 0 spiro atoms. The number of hydrogen-bond donors (Lipinski definition) is 3. The van der Waals surface area contributed by atoms with Crippen molar-refractivity contribution in [2.75, 3.05) is 31.6 Å². The van der Waals surface area contributed by atoms with E-state index in [0.717, 1.165) is 48.3 Å². The smallest absolute Gasteiger partial charge is 0.307 e. The van der Waals surface area contributed by atoms with Gasteiger partial charge in [-0.15, -0.1) is 0 Å². The summed E-state index contributed by atoms with van der Waals surface area (Å²) in [7, 11) is 1.63. The summed E-state index contributed by atoms with van der Waals surface area (Å²) in [5.41, 5.74) is 5.00. The molecule has 2 aliphatic heterocycles. The summed E-state index contributed by atoms with van der Waals surface area (Å²) in [6.07, 6.45) is 1.99. The molecule has 0 aromatic heterocycles.